The summed E-state index contributed by atoms with van der Waals surface area (Å²) in [6.07, 6.45) is 2.05. The maximum absolute atomic E-state index is 11.9. The molecule has 5 nitrogen and oxygen atoms in total. The number of carbonyl (C=O) groups is 2. The first-order valence-corrected chi connectivity index (χ1v) is 7.36. The van der Waals surface area contributed by atoms with E-state index < -0.39 is 5.97 Å². The number of carboxylic acid groups (broad SMARTS) is 1. The Hall–Kier alpha value is -1.88. The maximum atomic E-state index is 11.9. The topological polar surface area (TPSA) is 69.6 Å². The smallest absolute Gasteiger partial charge is 0.304 e. The van der Waals surface area contributed by atoms with Gasteiger partial charge < -0.3 is 10.4 Å². The number of rotatable bonds is 10. The van der Waals surface area contributed by atoms with Crippen LogP contribution in [-0.4, -0.2) is 41.5 Å². The Labute approximate surface area is 126 Å². The molecule has 1 aromatic rings. The van der Waals surface area contributed by atoms with Crippen LogP contribution >= 0.6 is 0 Å². The van der Waals surface area contributed by atoms with E-state index in [1.165, 1.54) is 0 Å². The van der Waals surface area contributed by atoms with Gasteiger partial charge in [-0.2, -0.15) is 0 Å². The number of carbonyl (C=O) groups excluding carboxylic acids is 1. The Morgan fingerprint density at radius 3 is 2.52 bits per heavy atom. The van der Waals surface area contributed by atoms with Gasteiger partial charge in [0.05, 0.1) is 13.0 Å². The van der Waals surface area contributed by atoms with E-state index in [9.17, 15) is 9.59 Å². The molecule has 2 N–H and O–H groups in total. The van der Waals surface area contributed by atoms with E-state index in [1.54, 1.807) is 0 Å². The fourth-order valence-electron chi connectivity index (χ4n) is 1.96. The van der Waals surface area contributed by atoms with Crippen molar-refractivity contribution < 1.29 is 14.7 Å². The van der Waals surface area contributed by atoms with Gasteiger partial charge in [-0.05, 0) is 18.5 Å². The zero-order valence-electron chi connectivity index (χ0n) is 12.5. The van der Waals surface area contributed by atoms with Crippen molar-refractivity contribution in [2.45, 2.75) is 32.7 Å². The van der Waals surface area contributed by atoms with E-state index in [4.69, 9.17) is 5.11 Å². The molecule has 0 spiro atoms. The molecular weight excluding hydrogens is 268 g/mol. The second kappa shape index (κ2) is 9.94. The molecule has 0 atom stereocenters. The van der Waals surface area contributed by atoms with Gasteiger partial charge in [-0.1, -0.05) is 43.7 Å². The van der Waals surface area contributed by atoms with Gasteiger partial charge in [0.25, 0.3) is 0 Å². The third-order valence-corrected chi connectivity index (χ3v) is 3.17. The third kappa shape index (κ3) is 8.09. The molecule has 0 saturated carbocycles. The number of hydrogen-bond acceptors (Lipinski definition) is 3. The molecule has 0 heterocycles. The summed E-state index contributed by atoms with van der Waals surface area (Å²) in [6.45, 7) is 3.99. The van der Waals surface area contributed by atoms with Crippen LogP contribution in [0.4, 0.5) is 0 Å². The Bertz CT molecular complexity index is 434. The zero-order valence-corrected chi connectivity index (χ0v) is 12.5. The highest BCUT2D eigenvalue weighted by Crippen LogP contribution is 1.99. The number of carboxylic acids is 1. The van der Waals surface area contributed by atoms with E-state index in [1.807, 2.05) is 35.2 Å². The van der Waals surface area contributed by atoms with E-state index in [0.29, 0.717) is 13.1 Å². The molecule has 116 valence electrons. The van der Waals surface area contributed by atoms with Crippen molar-refractivity contribution in [2.75, 3.05) is 19.6 Å². The number of nitrogens with zero attached hydrogens (tertiary/aromatic N) is 1. The van der Waals surface area contributed by atoms with Gasteiger partial charge in [-0.25, -0.2) is 0 Å². The monoisotopic (exact) mass is 292 g/mol. The summed E-state index contributed by atoms with van der Waals surface area (Å²) >= 11 is 0. The summed E-state index contributed by atoms with van der Waals surface area (Å²) < 4.78 is 0. The number of unbranched alkanes of at least 4 members (excludes halogenated alkanes) is 1. The molecule has 0 aliphatic heterocycles. The molecule has 21 heavy (non-hydrogen) atoms. The average molecular weight is 292 g/mol. The molecule has 0 aromatic heterocycles. The lowest BCUT2D eigenvalue weighted by Crippen LogP contribution is -2.38. The van der Waals surface area contributed by atoms with Gasteiger partial charge in [0.15, 0.2) is 0 Å². The second-order valence-corrected chi connectivity index (χ2v) is 5.04. The van der Waals surface area contributed by atoms with Crippen molar-refractivity contribution in [3.8, 4) is 0 Å². The standard InChI is InChI=1S/C16H24N2O3/c1-2-3-10-18(11-9-16(20)21)13-15(19)17-12-14-7-5-4-6-8-14/h4-8H,2-3,9-13H2,1H3,(H,17,19)(H,20,21). The van der Waals surface area contributed by atoms with Crippen molar-refractivity contribution in [1.29, 1.82) is 0 Å². The van der Waals surface area contributed by atoms with E-state index >= 15 is 0 Å². The number of benzene rings is 1. The van der Waals surface area contributed by atoms with E-state index in [2.05, 4.69) is 12.2 Å². The van der Waals surface area contributed by atoms with Gasteiger partial charge in [0, 0.05) is 13.1 Å². The fourth-order valence-corrected chi connectivity index (χ4v) is 1.96. The first kappa shape index (κ1) is 17.2. The van der Waals surface area contributed by atoms with Crippen LogP contribution in [0.5, 0.6) is 0 Å². The van der Waals surface area contributed by atoms with Crippen LogP contribution in [0.3, 0.4) is 0 Å². The van der Waals surface area contributed by atoms with Crippen LogP contribution in [0.2, 0.25) is 0 Å². The highest BCUT2D eigenvalue weighted by atomic mass is 16.4. The van der Waals surface area contributed by atoms with Crippen molar-refractivity contribution in [1.82, 2.24) is 10.2 Å². The minimum Gasteiger partial charge on any atom is -0.481 e. The lowest BCUT2D eigenvalue weighted by atomic mass is 10.2. The largest absolute Gasteiger partial charge is 0.481 e. The van der Waals surface area contributed by atoms with Crippen molar-refractivity contribution in [3.63, 3.8) is 0 Å². The molecule has 1 amide bonds. The highest BCUT2D eigenvalue weighted by Gasteiger charge is 2.11. The van der Waals surface area contributed by atoms with E-state index in [-0.39, 0.29) is 18.9 Å². The molecule has 5 heteroatoms. The van der Waals surface area contributed by atoms with Gasteiger partial charge in [0.2, 0.25) is 5.91 Å². The predicted molar refractivity (Wildman–Crippen MR) is 81.9 cm³/mol. The molecule has 0 saturated heterocycles. The van der Waals surface area contributed by atoms with Crippen molar-refractivity contribution in [2.24, 2.45) is 0 Å². The number of nitrogens with one attached hydrogen (secondary N) is 1. The van der Waals surface area contributed by atoms with Gasteiger partial charge in [-0.3, -0.25) is 14.5 Å². The van der Waals surface area contributed by atoms with Gasteiger partial charge in [-0.15, -0.1) is 0 Å². The molecular formula is C16H24N2O3. The van der Waals surface area contributed by atoms with Crippen LogP contribution in [0.15, 0.2) is 30.3 Å². The molecule has 0 fully saturated rings. The number of amides is 1. The Morgan fingerprint density at radius 2 is 1.90 bits per heavy atom. The highest BCUT2D eigenvalue weighted by molar-refractivity contribution is 5.78. The normalized spacial score (nSPS) is 10.6. The van der Waals surface area contributed by atoms with Crippen molar-refractivity contribution >= 4 is 11.9 Å². The lowest BCUT2D eigenvalue weighted by Gasteiger charge is -2.20. The summed E-state index contributed by atoms with van der Waals surface area (Å²) in [5.74, 6) is -0.901. The molecule has 0 aliphatic rings. The van der Waals surface area contributed by atoms with Crippen LogP contribution in [0, 0.1) is 0 Å². The Balaban J connectivity index is 2.37. The minimum atomic E-state index is -0.832. The molecule has 1 aromatic carbocycles. The maximum Gasteiger partial charge on any atom is 0.304 e. The summed E-state index contributed by atoms with van der Waals surface area (Å²) in [4.78, 5) is 24.5. The Kier molecular flexibility index (Phi) is 8.12. The molecule has 0 unspecified atom stereocenters. The van der Waals surface area contributed by atoms with Crippen LogP contribution < -0.4 is 5.32 Å². The molecule has 0 aliphatic carbocycles. The third-order valence-electron chi connectivity index (χ3n) is 3.17. The second-order valence-electron chi connectivity index (χ2n) is 5.04. The Morgan fingerprint density at radius 1 is 1.19 bits per heavy atom. The SMILES string of the molecule is CCCCN(CCC(=O)O)CC(=O)NCc1ccccc1. The molecule has 0 bridgehead atoms. The van der Waals surface area contributed by atoms with Crippen LogP contribution in [-0.2, 0) is 16.1 Å². The van der Waals surface area contributed by atoms with Gasteiger partial charge in [0.1, 0.15) is 0 Å². The predicted octanol–water partition coefficient (Wildman–Crippen LogP) is 1.88. The number of hydrogen-bond donors (Lipinski definition) is 2. The fraction of sp³-hybridized carbons (Fsp3) is 0.500. The quantitative estimate of drug-likeness (QED) is 0.691. The number of aliphatic carboxylic acids is 1. The van der Waals surface area contributed by atoms with Gasteiger partial charge >= 0.3 is 5.97 Å². The first-order valence-electron chi connectivity index (χ1n) is 7.36. The average Bonchev–Trinajstić information content (AvgIpc) is 2.49. The van der Waals surface area contributed by atoms with Crippen LogP contribution in [0.1, 0.15) is 31.7 Å². The molecule has 0 radical (unpaired) electrons. The lowest BCUT2D eigenvalue weighted by molar-refractivity contribution is -0.137. The summed E-state index contributed by atoms with van der Waals surface area (Å²) in [6, 6.07) is 9.71. The van der Waals surface area contributed by atoms with Crippen LogP contribution in [0.25, 0.3) is 0 Å². The summed E-state index contributed by atoms with van der Waals surface area (Å²) in [7, 11) is 0. The van der Waals surface area contributed by atoms with Crippen molar-refractivity contribution in [3.05, 3.63) is 35.9 Å². The first-order chi connectivity index (χ1) is 10.1. The molecule has 1 rings (SSSR count). The summed E-state index contributed by atoms with van der Waals surface area (Å²) in [5.41, 5.74) is 1.05. The summed E-state index contributed by atoms with van der Waals surface area (Å²) in [5, 5.41) is 11.6. The zero-order chi connectivity index (χ0) is 15.5. The van der Waals surface area contributed by atoms with E-state index in [0.717, 1.165) is 24.9 Å². The minimum absolute atomic E-state index is 0.0652.